The van der Waals surface area contributed by atoms with Crippen LogP contribution in [0.2, 0.25) is 0 Å². The Morgan fingerprint density at radius 1 is 1.12 bits per heavy atom. The number of nitriles is 1. The third kappa shape index (κ3) is 3.38. The summed E-state index contributed by atoms with van der Waals surface area (Å²) in [4.78, 5) is 14.8. The number of aryl methyl sites for hydroxylation is 1. The summed E-state index contributed by atoms with van der Waals surface area (Å²) in [7, 11) is 0. The molecule has 0 spiro atoms. The molecule has 24 heavy (non-hydrogen) atoms. The molecule has 0 radical (unpaired) electrons. The molecule has 3 nitrogen and oxygen atoms in total. The van der Waals surface area contributed by atoms with Gasteiger partial charge in [-0.2, -0.15) is 5.26 Å². The van der Waals surface area contributed by atoms with Crippen LogP contribution in [0.15, 0.2) is 54.1 Å². The summed E-state index contributed by atoms with van der Waals surface area (Å²) in [5.41, 5.74) is 4.01. The van der Waals surface area contributed by atoms with Crippen LogP contribution in [-0.4, -0.2) is 18.9 Å². The predicted octanol–water partition coefficient (Wildman–Crippen LogP) is 4.39. The number of hydrogen-bond donors (Lipinski definition) is 0. The van der Waals surface area contributed by atoms with Crippen LogP contribution in [0.5, 0.6) is 0 Å². The SMILES string of the molecule is Cc1cc(/C=C(/C#N)C(=O)c2ccccc2)ccc1N1CCCC1. The zero-order valence-electron chi connectivity index (χ0n) is 13.8. The first-order valence-corrected chi connectivity index (χ1v) is 8.26. The van der Waals surface area contributed by atoms with Gasteiger partial charge >= 0.3 is 0 Å². The molecule has 120 valence electrons. The fraction of sp³-hybridized carbons (Fsp3) is 0.238. The number of Topliss-reactive ketones (excluding diaryl/α,β-unsaturated/α-hetero) is 1. The van der Waals surface area contributed by atoms with Gasteiger partial charge in [0.1, 0.15) is 11.6 Å². The van der Waals surface area contributed by atoms with Crippen molar-refractivity contribution >= 4 is 17.5 Å². The third-order valence-corrected chi connectivity index (χ3v) is 4.38. The number of anilines is 1. The lowest BCUT2D eigenvalue weighted by Crippen LogP contribution is -2.18. The van der Waals surface area contributed by atoms with E-state index in [1.807, 2.05) is 24.3 Å². The third-order valence-electron chi connectivity index (χ3n) is 4.38. The average molecular weight is 316 g/mol. The van der Waals surface area contributed by atoms with Crippen molar-refractivity contribution in [3.05, 3.63) is 70.8 Å². The van der Waals surface area contributed by atoms with Gasteiger partial charge in [0, 0.05) is 24.3 Å². The Morgan fingerprint density at radius 3 is 2.46 bits per heavy atom. The number of rotatable bonds is 4. The van der Waals surface area contributed by atoms with E-state index < -0.39 is 0 Å². The van der Waals surface area contributed by atoms with Crippen LogP contribution in [0.25, 0.3) is 6.08 Å². The van der Waals surface area contributed by atoms with Gasteiger partial charge in [-0.15, -0.1) is 0 Å². The lowest BCUT2D eigenvalue weighted by Gasteiger charge is -2.20. The number of hydrogen-bond acceptors (Lipinski definition) is 3. The zero-order valence-corrected chi connectivity index (χ0v) is 13.8. The maximum Gasteiger partial charge on any atom is 0.203 e. The smallest absolute Gasteiger partial charge is 0.203 e. The molecule has 0 aromatic heterocycles. The van der Waals surface area contributed by atoms with Crippen LogP contribution in [-0.2, 0) is 0 Å². The van der Waals surface area contributed by atoms with E-state index in [4.69, 9.17) is 0 Å². The molecule has 0 bridgehead atoms. The van der Waals surface area contributed by atoms with Gasteiger partial charge in [-0.3, -0.25) is 4.79 Å². The Hall–Kier alpha value is -2.86. The highest BCUT2D eigenvalue weighted by Gasteiger charge is 2.15. The van der Waals surface area contributed by atoms with Crippen molar-refractivity contribution in [2.75, 3.05) is 18.0 Å². The largest absolute Gasteiger partial charge is 0.371 e. The van der Waals surface area contributed by atoms with Gasteiger partial charge in [0.25, 0.3) is 0 Å². The van der Waals surface area contributed by atoms with Crippen molar-refractivity contribution in [2.24, 2.45) is 0 Å². The van der Waals surface area contributed by atoms with Crippen molar-refractivity contribution in [3.8, 4) is 6.07 Å². The Balaban J connectivity index is 1.87. The molecule has 3 heteroatoms. The van der Waals surface area contributed by atoms with E-state index in [9.17, 15) is 10.1 Å². The molecule has 3 rings (SSSR count). The van der Waals surface area contributed by atoms with Gasteiger partial charge in [-0.05, 0) is 49.1 Å². The van der Waals surface area contributed by atoms with E-state index in [0.717, 1.165) is 18.7 Å². The Bertz CT molecular complexity index is 809. The molecule has 0 aliphatic carbocycles. The van der Waals surface area contributed by atoms with Crippen LogP contribution in [0.1, 0.15) is 34.3 Å². The van der Waals surface area contributed by atoms with Crippen molar-refractivity contribution in [1.29, 1.82) is 5.26 Å². The molecule has 1 aliphatic heterocycles. The highest BCUT2D eigenvalue weighted by Crippen LogP contribution is 2.26. The number of nitrogens with zero attached hydrogens (tertiary/aromatic N) is 2. The fourth-order valence-electron chi connectivity index (χ4n) is 3.14. The first-order valence-electron chi connectivity index (χ1n) is 8.26. The summed E-state index contributed by atoms with van der Waals surface area (Å²) in [6.07, 6.45) is 4.16. The highest BCUT2D eigenvalue weighted by molar-refractivity contribution is 6.14. The standard InChI is InChI=1S/C21H20N2O/c1-16-13-17(9-10-20(16)23-11-5-6-12-23)14-19(15-22)21(24)18-7-3-2-4-8-18/h2-4,7-10,13-14H,5-6,11-12H2,1H3/b19-14-. The second-order valence-corrected chi connectivity index (χ2v) is 6.11. The topological polar surface area (TPSA) is 44.1 Å². The molecule has 0 saturated carbocycles. The summed E-state index contributed by atoms with van der Waals surface area (Å²) in [5.74, 6) is -0.237. The van der Waals surface area contributed by atoms with Crippen LogP contribution < -0.4 is 4.90 Å². The van der Waals surface area contributed by atoms with E-state index >= 15 is 0 Å². The Morgan fingerprint density at radius 2 is 1.83 bits per heavy atom. The van der Waals surface area contributed by atoms with E-state index in [1.54, 1.807) is 30.3 Å². The van der Waals surface area contributed by atoms with Gasteiger partial charge < -0.3 is 4.90 Å². The number of carbonyl (C=O) groups excluding carboxylic acids is 1. The lowest BCUT2D eigenvalue weighted by molar-refractivity contribution is 0.104. The summed E-state index contributed by atoms with van der Waals surface area (Å²) in [5, 5.41) is 9.37. The number of carbonyl (C=O) groups is 1. The molecule has 2 aromatic carbocycles. The van der Waals surface area contributed by atoms with E-state index in [2.05, 4.69) is 17.9 Å². The summed E-state index contributed by atoms with van der Waals surface area (Å²) in [6.45, 7) is 4.29. The van der Waals surface area contributed by atoms with Crippen LogP contribution >= 0.6 is 0 Å². The van der Waals surface area contributed by atoms with Gasteiger partial charge in [0.2, 0.25) is 5.78 Å². The van der Waals surface area contributed by atoms with E-state index in [-0.39, 0.29) is 11.4 Å². The zero-order chi connectivity index (χ0) is 16.9. The highest BCUT2D eigenvalue weighted by atomic mass is 16.1. The number of allylic oxidation sites excluding steroid dienone is 1. The van der Waals surface area contributed by atoms with Crippen LogP contribution in [0.4, 0.5) is 5.69 Å². The minimum Gasteiger partial charge on any atom is -0.371 e. The first kappa shape index (κ1) is 16.0. The van der Waals surface area contributed by atoms with Gasteiger partial charge in [0.05, 0.1) is 0 Å². The molecule has 0 amide bonds. The van der Waals surface area contributed by atoms with Crippen LogP contribution in [0, 0.1) is 18.3 Å². The molecule has 1 saturated heterocycles. The average Bonchev–Trinajstić information content (AvgIpc) is 3.14. The second-order valence-electron chi connectivity index (χ2n) is 6.11. The molecule has 0 unspecified atom stereocenters. The molecular formula is C21H20N2O. The molecule has 1 aliphatic rings. The van der Waals surface area contributed by atoms with Gasteiger partial charge in [0.15, 0.2) is 0 Å². The molecule has 1 fully saturated rings. The normalized spacial score (nSPS) is 14.5. The second kappa shape index (κ2) is 7.14. The monoisotopic (exact) mass is 316 g/mol. The fourth-order valence-corrected chi connectivity index (χ4v) is 3.14. The van der Waals surface area contributed by atoms with E-state index in [0.29, 0.717) is 5.56 Å². The molecule has 0 atom stereocenters. The van der Waals surface area contributed by atoms with Gasteiger partial charge in [-0.25, -0.2) is 0 Å². The summed E-state index contributed by atoms with van der Waals surface area (Å²) < 4.78 is 0. The molecule has 2 aromatic rings. The molecule has 0 N–H and O–H groups in total. The number of benzene rings is 2. The summed E-state index contributed by atoms with van der Waals surface area (Å²) >= 11 is 0. The van der Waals surface area contributed by atoms with Crippen molar-refractivity contribution in [3.63, 3.8) is 0 Å². The van der Waals surface area contributed by atoms with E-state index in [1.165, 1.54) is 24.1 Å². The van der Waals surface area contributed by atoms with Crippen molar-refractivity contribution < 1.29 is 4.79 Å². The van der Waals surface area contributed by atoms with Crippen molar-refractivity contribution in [1.82, 2.24) is 0 Å². The number of ketones is 1. The lowest BCUT2D eigenvalue weighted by atomic mass is 10.0. The maximum atomic E-state index is 12.4. The van der Waals surface area contributed by atoms with Crippen molar-refractivity contribution in [2.45, 2.75) is 19.8 Å². The Kier molecular flexibility index (Phi) is 4.77. The quantitative estimate of drug-likeness (QED) is 0.477. The summed E-state index contributed by atoms with van der Waals surface area (Å²) in [6, 6.07) is 17.1. The maximum absolute atomic E-state index is 12.4. The predicted molar refractivity (Wildman–Crippen MR) is 97.0 cm³/mol. The van der Waals surface area contributed by atoms with Gasteiger partial charge in [-0.1, -0.05) is 36.4 Å². The molecule has 1 heterocycles. The Labute approximate surface area is 142 Å². The minimum atomic E-state index is -0.237. The minimum absolute atomic E-state index is 0.162. The van der Waals surface area contributed by atoms with Crippen LogP contribution in [0.3, 0.4) is 0 Å². The molecular weight excluding hydrogens is 296 g/mol. The first-order chi connectivity index (χ1) is 11.7.